The van der Waals surface area contributed by atoms with Crippen LogP contribution in [0.4, 0.5) is 5.82 Å². The van der Waals surface area contributed by atoms with Crippen molar-refractivity contribution in [2.75, 3.05) is 18.4 Å². The fourth-order valence-corrected chi connectivity index (χ4v) is 5.25. The molecule has 1 aliphatic heterocycles. The lowest BCUT2D eigenvalue weighted by atomic mass is 9.98. The average Bonchev–Trinajstić information content (AvgIpc) is 3.27. The van der Waals surface area contributed by atoms with E-state index in [9.17, 15) is 22.8 Å². The highest BCUT2D eigenvalue weighted by Crippen LogP contribution is 2.26. The second-order valence-corrected chi connectivity index (χ2v) is 10.5. The Hall–Kier alpha value is -3.05. The van der Waals surface area contributed by atoms with Crippen LogP contribution in [-0.2, 0) is 24.3 Å². The summed E-state index contributed by atoms with van der Waals surface area (Å²) in [5.41, 5.74) is 0.322. The number of nitrogens with one attached hydrogen (secondary N) is 1. The van der Waals surface area contributed by atoms with E-state index in [0.29, 0.717) is 11.4 Å². The summed E-state index contributed by atoms with van der Waals surface area (Å²) in [6.07, 6.45) is 1.11. The number of carbonyl (C=O) groups excluding carboxylic acids is 3. The third-order valence-electron chi connectivity index (χ3n) is 5.74. The molecule has 184 valence electrons. The van der Waals surface area contributed by atoms with Crippen LogP contribution in [0.2, 0.25) is 0 Å². The molecule has 1 aromatic heterocycles. The fraction of sp³-hybridized carbons (Fsp3) is 0.478. The van der Waals surface area contributed by atoms with Crippen molar-refractivity contribution in [2.24, 2.45) is 5.92 Å². The van der Waals surface area contributed by atoms with E-state index < -0.39 is 33.9 Å². The predicted octanol–water partition coefficient (Wildman–Crippen LogP) is 2.64. The first kappa shape index (κ1) is 25.6. The second kappa shape index (κ2) is 10.5. The molecule has 11 heteroatoms. The number of rotatable bonds is 8. The maximum atomic E-state index is 13.0. The SMILES string of the molecule is CC(=O)c1cccc(S(=O)(=O)N2CCC(C(=O)O[C@@H](C)C(=O)Nc3ccnn3C(C)C)CC2)c1. The minimum Gasteiger partial charge on any atom is -0.452 e. The second-order valence-electron chi connectivity index (χ2n) is 8.59. The van der Waals surface area contributed by atoms with Gasteiger partial charge in [-0.05, 0) is 52.7 Å². The van der Waals surface area contributed by atoms with Crippen LogP contribution in [0.25, 0.3) is 0 Å². The summed E-state index contributed by atoms with van der Waals surface area (Å²) >= 11 is 0. The number of benzene rings is 1. The van der Waals surface area contributed by atoms with E-state index >= 15 is 0 Å². The topological polar surface area (TPSA) is 128 Å². The predicted molar refractivity (Wildman–Crippen MR) is 125 cm³/mol. The Morgan fingerprint density at radius 2 is 1.79 bits per heavy atom. The van der Waals surface area contributed by atoms with Gasteiger partial charge in [-0.2, -0.15) is 9.40 Å². The highest BCUT2D eigenvalue weighted by Gasteiger charge is 2.34. The number of nitrogens with zero attached hydrogens (tertiary/aromatic N) is 3. The van der Waals surface area contributed by atoms with E-state index in [4.69, 9.17) is 4.74 Å². The Morgan fingerprint density at radius 1 is 1.12 bits per heavy atom. The Balaban J connectivity index is 1.56. The molecular weight excluding hydrogens is 460 g/mol. The maximum Gasteiger partial charge on any atom is 0.309 e. The zero-order valence-corrected chi connectivity index (χ0v) is 20.5. The average molecular weight is 491 g/mol. The molecule has 2 aromatic rings. The number of Topliss-reactive ketones (excluding diaryl/α,β-unsaturated/α-hetero) is 1. The summed E-state index contributed by atoms with van der Waals surface area (Å²) in [7, 11) is -3.79. The molecule has 0 aliphatic carbocycles. The van der Waals surface area contributed by atoms with E-state index in [1.807, 2.05) is 13.8 Å². The molecule has 0 radical (unpaired) electrons. The smallest absolute Gasteiger partial charge is 0.309 e. The highest BCUT2D eigenvalue weighted by atomic mass is 32.2. The molecule has 3 rings (SSSR count). The summed E-state index contributed by atoms with van der Waals surface area (Å²) in [4.78, 5) is 36.7. The van der Waals surface area contributed by atoms with Gasteiger partial charge in [0.2, 0.25) is 10.0 Å². The van der Waals surface area contributed by atoms with Gasteiger partial charge in [-0.1, -0.05) is 12.1 Å². The van der Waals surface area contributed by atoms with Crippen LogP contribution in [0.3, 0.4) is 0 Å². The lowest BCUT2D eigenvalue weighted by molar-refractivity contribution is -0.158. The van der Waals surface area contributed by atoms with E-state index in [2.05, 4.69) is 10.4 Å². The van der Waals surface area contributed by atoms with Gasteiger partial charge in [-0.15, -0.1) is 0 Å². The molecule has 0 spiro atoms. The van der Waals surface area contributed by atoms with Crippen molar-refractivity contribution in [3.8, 4) is 0 Å². The van der Waals surface area contributed by atoms with Crippen LogP contribution < -0.4 is 5.32 Å². The van der Waals surface area contributed by atoms with E-state index in [-0.39, 0.29) is 42.7 Å². The van der Waals surface area contributed by atoms with Gasteiger partial charge in [-0.25, -0.2) is 13.1 Å². The molecule has 1 N–H and O–H groups in total. The Labute approximate surface area is 199 Å². The molecule has 1 amide bonds. The van der Waals surface area contributed by atoms with Crippen LogP contribution in [-0.4, -0.2) is 59.4 Å². The molecule has 1 saturated heterocycles. The van der Waals surface area contributed by atoms with E-state index in [1.165, 1.54) is 36.4 Å². The Morgan fingerprint density at radius 3 is 2.41 bits per heavy atom. The van der Waals surface area contributed by atoms with Crippen LogP contribution in [0, 0.1) is 5.92 Å². The van der Waals surface area contributed by atoms with Gasteiger partial charge in [-0.3, -0.25) is 14.4 Å². The number of piperidine rings is 1. The first-order valence-corrected chi connectivity index (χ1v) is 12.6. The van der Waals surface area contributed by atoms with Crippen LogP contribution >= 0.6 is 0 Å². The minimum absolute atomic E-state index is 0.0483. The van der Waals surface area contributed by atoms with Crippen LogP contribution in [0.1, 0.15) is 56.9 Å². The van der Waals surface area contributed by atoms with E-state index in [1.54, 1.807) is 23.0 Å². The van der Waals surface area contributed by atoms with Crippen molar-refractivity contribution in [3.63, 3.8) is 0 Å². The van der Waals surface area contributed by atoms with Crippen LogP contribution in [0.15, 0.2) is 41.4 Å². The van der Waals surface area contributed by atoms with Gasteiger partial charge in [0.25, 0.3) is 5.91 Å². The number of ketones is 1. The fourth-order valence-electron chi connectivity index (χ4n) is 3.73. The minimum atomic E-state index is -3.79. The molecule has 34 heavy (non-hydrogen) atoms. The summed E-state index contributed by atoms with van der Waals surface area (Å²) in [5.74, 6) is -1.22. The summed E-state index contributed by atoms with van der Waals surface area (Å²) in [6, 6.07) is 7.63. The van der Waals surface area contributed by atoms with Crippen molar-refractivity contribution < 1.29 is 27.5 Å². The molecule has 0 unspecified atom stereocenters. The quantitative estimate of drug-likeness (QED) is 0.445. The van der Waals surface area contributed by atoms with Gasteiger partial charge in [0, 0.05) is 30.8 Å². The monoisotopic (exact) mass is 490 g/mol. The molecule has 1 atom stereocenters. The molecule has 1 fully saturated rings. The number of esters is 1. The van der Waals surface area contributed by atoms with Crippen molar-refractivity contribution in [1.29, 1.82) is 0 Å². The molecule has 10 nitrogen and oxygen atoms in total. The standard InChI is InChI=1S/C23H30N4O6S/c1-15(2)27-21(8-11-24-27)25-22(29)17(4)33-23(30)18-9-12-26(13-10-18)34(31,32)20-7-5-6-19(14-20)16(3)28/h5-8,11,14-15,17-18H,9-10,12-13H2,1-4H3,(H,25,29)/t17-/m0/s1. The molecule has 1 aromatic carbocycles. The van der Waals surface area contributed by atoms with Crippen molar-refractivity contribution in [1.82, 2.24) is 14.1 Å². The van der Waals surface area contributed by atoms with Gasteiger partial charge in [0.1, 0.15) is 5.82 Å². The third kappa shape index (κ3) is 5.71. The molecule has 2 heterocycles. The summed E-state index contributed by atoms with van der Waals surface area (Å²) in [5, 5.41) is 6.86. The number of hydrogen-bond donors (Lipinski definition) is 1. The molecule has 0 bridgehead atoms. The number of anilines is 1. The highest BCUT2D eigenvalue weighted by molar-refractivity contribution is 7.89. The molecular formula is C23H30N4O6S. The summed E-state index contributed by atoms with van der Waals surface area (Å²) < 4.78 is 34.3. The van der Waals surface area contributed by atoms with Crippen molar-refractivity contribution in [3.05, 3.63) is 42.1 Å². The number of amides is 1. The lowest BCUT2D eigenvalue weighted by Crippen LogP contribution is -2.41. The van der Waals surface area contributed by atoms with Gasteiger partial charge < -0.3 is 10.1 Å². The molecule has 1 aliphatic rings. The summed E-state index contributed by atoms with van der Waals surface area (Å²) in [6.45, 7) is 7.01. The Kier molecular flexibility index (Phi) is 7.88. The largest absolute Gasteiger partial charge is 0.452 e. The van der Waals surface area contributed by atoms with Crippen molar-refractivity contribution in [2.45, 2.75) is 57.6 Å². The zero-order valence-electron chi connectivity index (χ0n) is 19.7. The van der Waals surface area contributed by atoms with Gasteiger partial charge in [0.15, 0.2) is 11.9 Å². The van der Waals surface area contributed by atoms with Gasteiger partial charge in [0.05, 0.1) is 17.0 Å². The first-order valence-electron chi connectivity index (χ1n) is 11.2. The van der Waals surface area contributed by atoms with Crippen LogP contribution in [0.5, 0.6) is 0 Å². The third-order valence-corrected chi connectivity index (χ3v) is 7.63. The normalized spacial score (nSPS) is 16.3. The number of ether oxygens (including phenoxy) is 1. The number of sulfonamides is 1. The molecule has 0 saturated carbocycles. The number of carbonyl (C=O) groups is 3. The number of aromatic nitrogens is 2. The van der Waals surface area contributed by atoms with Crippen molar-refractivity contribution >= 4 is 33.5 Å². The Bertz CT molecular complexity index is 1170. The lowest BCUT2D eigenvalue weighted by Gasteiger charge is -2.30. The zero-order chi connectivity index (χ0) is 25.0. The maximum absolute atomic E-state index is 13.0. The van der Waals surface area contributed by atoms with E-state index in [0.717, 1.165) is 0 Å². The first-order chi connectivity index (χ1) is 16.0. The van der Waals surface area contributed by atoms with Gasteiger partial charge >= 0.3 is 5.97 Å². The number of hydrogen-bond acceptors (Lipinski definition) is 7.